The summed E-state index contributed by atoms with van der Waals surface area (Å²) in [6.45, 7) is 4.07. The first-order valence-corrected chi connectivity index (χ1v) is 5.55. The third-order valence-corrected chi connectivity index (χ3v) is 2.23. The van der Waals surface area contributed by atoms with E-state index in [4.69, 9.17) is 0 Å². The number of benzene rings is 1. The maximum atomic E-state index is 11.3. The molecule has 0 heterocycles. The summed E-state index contributed by atoms with van der Waals surface area (Å²) in [7, 11) is 0. The van der Waals surface area contributed by atoms with E-state index in [-0.39, 0.29) is 0 Å². The summed E-state index contributed by atoms with van der Waals surface area (Å²) in [5.41, 5.74) is 1.51. The Morgan fingerprint density at radius 3 is 1.47 bits per heavy atom. The fourth-order valence-corrected chi connectivity index (χ4v) is 1.37. The molecule has 0 aliphatic rings. The maximum Gasteiger partial charge on any atom is 0.291 e. The van der Waals surface area contributed by atoms with Crippen LogP contribution in [0.25, 0.3) is 0 Å². The van der Waals surface area contributed by atoms with Crippen molar-refractivity contribution in [3.63, 3.8) is 0 Å². The van der Waals surface area contributed by atoms with Gasteiger partial charge in [-0.25, -0.2) is 0 Å². The fraction of sp³-hybridized carbons (Fsp3) is 0.231. The van der Waals surface area contributed by atoms with Crippen molar-refractivity contribution >= 4 is 34.8 Å². The van der Waals surface area contributed by atoms with Gasteiger partial charge in [-0.1, -0.05) is 0 Å². The van der Waals surface area contributed by atoms with Crippen LogP contribution < -0.4 is 10.6 Å². The van der Waals surface area contributed by atoms with Gasteiger partial charge in [0.2, 0.25) is 11.6 Å². The second-order valence-electron chi connectivity index (χ2n) is 4.11. The first kappa shape index (κ1) is 14.6. The zero-order valence-electron chi connectivity index (χ0n) is 10.9. The van der Waals surface area contributed by atoms with Crippen LogP contribution in [0.5, 0.6) is 0 Å². The third kappa shape index (κ3) is 4.34. The number of amides is 2. The summed E-state index contributed by atoms with van der Waals surface area (Å²) in [6, 6.07) is 4.75. The number of rotatable bonds is 4. The molecule has 0 bridgehead atoms. The molecule has 0 unspecified atom stereocenters. The molecular formula is C13H14N2O4. The number of ketones is 2. The van der Waals surface area contributed by atoms with E-state index in [0.717, 1.165) is 19.4 Å². The predicted molar refractivity (Wildman–Crippen MR) is 69.8 cm³/mol. The Bertz CT molecular complexity index is 518. The van der Waals surface area contributed by atoms with Gasteiger partial charge in [0.1, 0.15) is 0 Å². The van der Waals surface area contributed by atoms with Crippen molar-refractivity contribution in [2.75, 3.05) is 10.6 Å². The Morgan fingerprint density at radius 2 is 1.16 bits per heavy atom. The number of Topliss-reactive ketones (excluding diaryl/α,β-unsaturated/α-hetero) is 2. The van der Waals surface area contributed by atoms with E-state index in [9.17, 15) is 19.2 Å². The number of nitrogens with one attached hydrogen (secondary N) is 2. The number of hydrogen-bond donors (Lipinski definition) is 2. The molecule has 0 saturated carbocycles. The van der Waals surface area contributed by atoms with E-state index in [1.807, 2.05) is 0 Å². The molecular weight excluding hydrogens is 248 g/mol. The summed E-state index contributed by atoms with van der Waals surface area (Å²) < 4.78 is 0. The van der Waals surface area contributed by atoms with Crippen molar-refractivity contribution in [2.24, 2.45) is 0 Å². The lowest BCUT2D eigenvalue weighted by Crippen LogP contribution is -2.21. The number of aryl methyl sites for hydroxylation is 1. The van der Waals surface area contributed by atoms with Gasteiger partial charge in [0.15, 0.2) is 0 Å². The minimum atomic E-state index is -0.741. The van der Waals surface area contributed by atoms with Crippen LogP contribution in [-0.2, 0) is 19.2 Å². The first-order chi connectivity index (χ1) is 8.79. The number of anilines is 2. The van der Waals surface area contributed by atoms with Gasteiger partial charge in [-0.2, -0.15) is 0 Å². The zero-order chi connectivity index (χ0) is 14.6. The monoisotopic (exact) mass is 262 g/mol. The van der Waals surface area contributed by atoms with E-state index in [1.165, 1.54) is 6.07 Å². The van der Waals surface area contributed by atoms with Crippen molar-refractivity contribution < 1.29 is 19.2 Å². The minimum Gasteiger partial charge on any atom is -0.319 e. The van der Waals surface area contributed by atoms with E-state index in [2.05, 4.69) is 10.6 Å². The highest BCUT2D eigenvalue weighted by Gasteiger charge is 2.11. The molecule has 0 saturated heterocycles. The molecule has 1 aromatic carbocycles. The average Bonchev–Trinajstić information content (AvgIpc) is 2.27. The SMILES string of the molecule is CC(=O)C(=O)Nc1cc(C)cc(NC(=O)C(C)=O)c1. The van der Waals surface area contributed by atoms with Crippen LogP contribution in [0.3, 0.4) is 0 Å². The molecule has 0 aliphatic carbocycles. The smallest absolute Gasteiger partial charge is 0.291 e. The van der Waals surface area contributed by atoms with Crippen molar-refractivity contribution in [1.29, 1.82) is 0 Å². The summed E-state index contributed by atoms with van der Waals surface area (Å²) in [5.74, 6) is -2.71. The molecule has 0 atom stereocenters. The molecule has 6 heteroatoms. The van der Waals surface area contributed by atoms with E-state index < -0.39 is 23.4 Å². The van der Waals surface area contributed by atoms with Crippen LogP contribution >= 0.6 is 0 Å². The highest BCUT2D eigenvalue weighted by Crippen LogP contribution is 2.18. The van der Waals surface area contributed by atoms with Gasteiger partial charge >= 0.3 is 0 Å². The molecule has 6 nitrogen and oxygen atoms in total. The maximum absolute atomic E-state index is 11.3. The Labute approximate surface area is 110 Å². The lowest BCUT2D eigenvalue weighted by atomic mass is 10.2. The van der Waals surface area contributed by atoms with Crippen LogP contribution in [0, 0.1) is 6.92 Å². The molecule has 0 spiro atoms. The second kappa shape index (κ2) is 5.90. The van der Waals surface area contributed by atoms with E-state index in [1.54, 1.807) is 19.1 Å². The predicted octanol–water partition coefficient (Wildman–Crippen LogP) is 1.05. The molecule has 0 fully saturated rings. The van der Waals surface area contributed by atoms with Gasteiger partial charge in [0.05, 0.1) is 0 Å². The third-order valence-electron chi connectivity index (χ3n) is 2.23. The van der Waals surface area contributed by atoms with Crippen molar-refractivity contribution in [3.05, 3.63) is 23.8 Å². The number of carbonyl (C=O) groups is 4. The van der Waals surface area contributed by atoms with Gasteiger partial charge < -0.3 is 10.6 Å². The fourth-order valence-electron chi connectivity index (χ4n) is 1.37. The Morgan fingerprint density at radius 1 is 0.789 bits per heavy atom. The summed E-state index contributed by atoms with van der Waals surface area (Å²) >= 11 is 0. The molecule has 19 heavy (non-hydrogen) atoms. The van der Waals surface area contributed by atoms with Crippen molar-refractivity contribution in [1.82, 2.24) is 0 Å². The lowest BCUT2D eigenvalue weighted by molar-refractivity contribution is -0.133. The molecule has 2 N–H and O–H groups in total. The summed E-state index contributed by atoms with van der Waals surface area (Å²) in [4.78, 5) is 44.2. The normalized spacial score (nSPS) is 9.63. The second-order valence-corrected chi connectivity index (χ2v) is 4.11. The molecule has 0 aromatic heterocycles. The Kier molecular flexibility index (Phi) is 4.52. The molecule has 1 aromatic rings. The Balaban J connectivity index is 2.94. The van der Waals surface area contributed by atoms with Crippen LogP contribution in [-0.4, -0.2) is 23.4 Å². The number of carbonyl (C=O) groups excluding carboxylic acids is 4. The van der Waals surface area contributed by atoms with Gasteiger partial charge in [0, 0.05) is 25.2 Å². The highest BCUT2D eigenvalue weighted by atomic mass is 16.2. The molecule has 100 valence electrons. The molecule has 2 amide bonds. The van der Waals surface area contributed by atoms with Crippen LogP contribution in [0.1, 0.15) is 19.4 Å². The van der Waals surface area contributed by atoms with Gasteiger partial charge in [-0.15, -0.1) is 0 Å². The van der Waals surface area contributed by atoms with Crippen LogP contribution in [0.2, 0.25) is 0 Å². The number of hydrogen-bond acceptors (Lipinski definition) is 4. The van der Waals surface area contributed by atoms with Crippen molar-refractivity contribution in [2.45, 2.75) is 20.8 Å². The molecule has 1 rings (SSSR count). The van der Waals surface area contributed by atoms with Gasteiger partial charge in [0.25, 0.3) is 11.8 Å². The quantitative estimate of drug-likeness (QED) is 0.793. The van der Waals surface area contributed by atoms with Crippen molar-refractivity contribution in [3.8, 4) is 0 Å². The van der Waals surface area contributed by atoms with Crippen LogP contribution in [0.4, 0.5) is 11.4 Å². The van der Waals surface area contributed by atoms with Gasteiger partial charge in [-0.05, 0) is 30.7 Å². The highest BCUT2D eigenvalue weighted by molar-refractivity contribution is 6.40. The van der Waals surface area contributed by atoms with Gasteiger partial charge in [-0.3, -0.25) is 19.2 Å². The molecule has 0 radical (unpaired) electrons. The lowest BCUT2D eigenvalue weighted by Gasteiger charge is -2.08. The Hall–Kier alpha value is -2.50. The van der Waals surface area contributed by atoms with Crippen LogP contribution in [0.15, 0.2) is 18.2 Å². The van der Waals surface area contributed by atoms with E-state index in [0.29, 0.717) is 11.4 Å². The largest absolute Gasteiger partial charge is 0.319 e. The minimum absolute atomic E-state index is 0.374. The molecule has 0 aliphatic heterocycles. The standard InChI is InChI=1S/C13H14N2O4/c1-7-4-10(14-12(18)8(2)16)6-11(5-7)15-13(19)9(3)17/h4-6H,1-3H3,(H,14,18)(H,15,19). The van der Waals surface area contributed by atoms with E-state index >= 15 is 0 Å². The summed E-state index contributed by atoms with van der Waals surface area (Å²) in [6.07, 6.45) is 0. The summed E-state index contributed by atoms with van der Waals surface area (Å²) in [5, 5.41) is 4.80. The zero-order valence-corrected chi connectivity index (χ0v) is 10.9. The average molecular weight is 262 g/mol. The first-order valence-electron chi connectivity index (χ1n) is 5.55. The topological polar surface area (TPSA) is 92.3 Å².